The van der Waals surface area contributed by atoms with E-state index in [1.807, 2.05) is 25.1 Å². The first-order chi connectivity index (χ1) is 13.5. The van der Waals surface area contributed by atoms with E-state index in [0.29, 0.717) is 5.56 Å². The largest absolute Gasteiger partial charge is 1.00 e. The third kappa shape index (κ3) is 8.15. The molecule has 1 amide bonds. The Bertz CT molecular complexity index is 824. The van der Waals surface area contributed by atoms with Crippen LogP contribution in [-0.4, -0.2) is 24.3 Å². The fourth-order valence-corrected chi connectivity index (χ4v) is 3.19. The molecule has 1 fully saturated rings. The quantitative estimate of drug-likeness (QED) is 0.533. The number of aryl methyl sites for hydroxylation is 1. The Kier molecular flexibility index (Phi) is 12.3. The van der Waals surface area contributed by atoms with Crippen LogP contribution in [-0.2, 0) is 9.59 Å². The van der Waals surface area contributed by atoms with E-state index in [0.717, 1.165) is 47.2 Å². The Hall–Kier alpha value is -0.704. The number of aromatic nitrogens is 1. The maximum Gasteiger partial charge on any atom is 1.00 e. The Morgan fingerprint density at radius 3 is 2.62 bits per heavy atom. The molecule has 1 aromatic heterocycles. The van der Waals surface area contributed by atoms with Gasteiger partial charge in [-0.1, -0.05) is 25.2 Å². The predicted molar refractivity (Wildman–Crippen MR) is 114 cm³/mol. The van der Waals surface area contributed by atoms with Gasteiger partial charge in [0, 0.05) is 17.7 Å². The number of benzene rings is 1. The minimum absolute atomic E-state index is 0. The SMILES string of the molecule is COc1cc(NC(=O)C2CC[CH-]CC2)ccc1C.[CH2-]c1c(Br)ccnc1[C-]=O.[K+]. The number of halogens is 1. The molecule has 3 rings (SSSR count). The standard InChI is InChI=1S/C15H20NO2.C7H4BrNO.K/c1-11-8-9-13(10-14(11)18-2)16-15(17)12-6-4-3-5-7-12;1-5-6(8)2-3-9-7(5)4-10;/h3,8-10,12H,4-7H2,1-2H3,(H,16,17);2-3H,1H2;/q-1;-2;+1. The number of methoxy groups -OCH3 is 1. The number of pyridine rings is 1. The molecule has 7 heteroatoms. The third-order valence-corrected chi connectivity index (χ3v) is 5.32. The van der Waals surface area contributed by atoms with Gasteiger partial charge < -0.3 is 31.8 Å². The Labute approximate surface area is 223 Å². The number of ether oxygens (including phenoxy) is 1. The molecule has 5 nitrogen and oxygen atoms in total. The number of nitrogens with one attached hydrogen (secondary N) is 1. The normalized spacial score (nSPS) is 13.3. The zero-order valence-electron chi connectivity index (χ0n) is 17.1. The molecule has 1 aliphatic carbocycles. The van der Waals surface area contributed by atoms with Crippen molar-refractivity contribution in [2.45, 2.75) is 32.6 Å². The average Bonchev–Trinajstić information content (AvgIpc) is 2.72. The number of anilines is 1. The molecule has 1 aromatic carbocycles. The second kappa shape index (κ2) is 13.6. The van der Waals surface area contributed by atoms with Crippen molar-refractivity contribution >= 4 is 33.8 Å². The van der Waals surface area contributed by atoms with Crippen LogP contribution >= 0.6 is 15.9 Å². The molecule has 0 saturated heterocycles. The van der Waals surface area contributed by atoms with E-state index in [-0.39, 0.29) is 68.9 Å². The topological polar surface area (TPSA) is 68.3 Å². The molecular formula is C22H24BrKN2O3-2. The number of carbonyl (C=O) groups is 1. The van der Waals surface area contributed by atoms with Crippen molar-refractivity contribution in [2.75, 3.05) is 12.4 Å². The fourth-order valence-electron chi connectivity index (χ4n) is 2.89. The van der Waals surface area contributed by atoms with Gasteiger partial charge in [-0.15, -0.1) is 6.07 Å². The molecule has 0 spiro atoms. The number of rotatable bonds is 4. The summed E-state index contributed by atoms with van der Waals surface area (Å²) in [6, 6.07) is 7.49. The minimum Gasteiger partial charge on any atom is -0.496 e. The van der Waals surface area contributed by atoms with Gasteiger partial charge >= 0.3 is 51.4 Å². The first-order valence-electron chi connectivity index (χ1n) is 9.08. The van der Waals surface area contributed by atoms with E-state index >= 15 is 0 Å². The van der Waals surface area contributed by atoms with E-state index in [4.69, 9.17) is 4.74 Å². The molecule has 0 aliphatic heterocycles. The van der Waals surface area contributed by atoms with E-state index in [1.54, 1.807) is 19.5 Å². The Balaban J connectivity index is 0.000000327. The monoisotopic (exact) mass is 482 g/mol. The van der Waals surface area contributed by atoms with Crippen LogP contribution < -0.4 is 61.4 Å². The van der Waals surface area contributed by atoms with Crippen LogP contribution in [0.2, 0.25) is 0 Å². The minimum atomic E-state index is 0. The molecular weight excluding hydrogens is 459 g/mol. The Morgan fingerprint density at radius 2 is 2.03 bits per heavy atom. The summed E-state index contributed by atoms with van der Waals surface area (Å²) >= 11 is 3.21. The molecule has 0 bridgehead atoms. The van der Waals surface area contributed by atoms with Crippen LogP contribution in [0, 0.1) is 26.2 Å². The summed E-state index contributed by atoms with van der Waals surface area (Å²) in [5.41, 5.74) is 2.73. The summed E-state index contributed by atoms with van der Waals surface area (Å²) in [5.74, 6) is 1.10. The number of amides is 1. The first-order valence-corrected chi connectivity index (χ1v) is 9.87. The number of carbonyl (C=O) groups excluding carboxylic acids is 2. The van der Waals surface area contributed by atoms with Crippen LogP contribution in [0.5, 0.6) is 5.75 Å². The van der Waals surface area contributed by atoms with Gasteiger partial charge in [0.15, 0.2) is 0 Å². The Morgan fingerprint density at radius 1 is 1.34 bits per heavy atom. The van der Waals surface area contributed by atoms with Crippen molar-refractivity contribution in [2.24, 2.45) is 5.92 Å². The molecule has 0 atom stereocenters. The third-order valence-electron chi connectivity index (χ3n) is 4.58. The van der Waals surface area contributed by atoms with Gasteiger partial charge in [-0.25, -0.2) is 0 Å². The van der Waals surface area contributed by atoms with Crippen molar-refractivity contribution < 1.29 is 65.7 Å². The van der Waals surface area contributed by atoms with Crippen LogP contribution in [0.4, 0.5) is 5.69 Å². The van der Waals surface area contributed by atoms with Gasteiger partial charge in [0.05, 0.1) is 7.11 Å². The first kappa shape index (κ1) is 26.3. The van der Waals surface area contributed by atoms with Crippen molar-refractivity contribution in [3.05, 3.63) is 65.1 Å². The number of hydrogen-bond acceptors (Lipinski definition) is 4. The van der Waals surface area contributed by atoms with Gasteiger partial charge in [-0.2, -0.15) is 38.9 Å². The van der Waals surface area contributed by atoms with Crippen molar-refractivity contribution in [1.29, 1.82) is 0 Å². The molecule has 29 heavy (non-hydrogen) atoms. The van der Waals surface area contributed by atoms with Crippen LogP contribution in [0.15, 0.2) is 34.9 Å². The summed E-state index contributed by atoms with van der Waals surface area (Å²) in [6.07, 6.45) is 9.51. The van der Waals surface area contributed by atoms with E-state index in [9.17, 15) is 9.59 Å². The molecule has 1 aliphatic rings. The van der Waals surface area contributed by atoms with Gasteiger partial charge in [0.25, 0.3) is 0 Å². The molecule has 1 N–H and O–H groups in total. The maximum atomic E-state index is 12.1. The van der Waals surface area contributed by atoms with Crippen molar-refractivity contribution in [3.8, 4) is 5.75 Å². The van der Waals surface area contributed by atoms with Gasteiger partial charge in [0.2, 0.25) is 5.91 Å². The smallest absolute Gasteiger partial charge is 0.496 e. The van der Waals surface area contributed by atoms with E-state index in [2.05, 4.69) is 39.6 Å². The molecule has 150 valence electrons. The molecule has 0 radical (unpaired) electrons. The molecule has 1 heterocycles. The van der Waals surface area contributed by atoms with Gasteiger partial charge in [-0.3, -0.25) is 11.7 Å². The maximum absolute atomic E-state index is 12.1. The van der Waals surface area contributed by atoms with E-state index < -0.39 is 0 Å². The summed E-state index contributed by atoms with van der Waals surface area (Å²) in [6.45, 7) is 5.61. The van der Waals surface area contributed by atoms with Gasteiger partial charge in [-0.05, 0) is 24.8 Å². The molecule has 2 aromatic rings. The zero-order chi connectivity index (χ0) is 20.5. The zero-order valence-corrected chi connectivity index (χ0v) is 21.8. The second-order valence-electron chi connectivity index (χ2n) is 6.54. The molecule has 0 unspecified atom stereocenters. The van der Waals surface area contributed by atoms with Crippen LogP contribution in [0.3, 0.4) is 0 Å². The van der Waals surface area contributed by atoms with Crippen molar-refractivity contribution in [1.82, 2.24) is 4.98 Å². The van der Waals surface area contributed by atoms with Gasteiger partial charge in [0.1, 0.15) is 5.75 Å². The van der Waals surface area contributed by atoms with E-state index in [1.165, 1.54) is 6.20 Å². The fraction of sp³-hybridized carbons (Fsp3) is 0.318. The summed E-state index contributed by atoms with van der Waals surface area (Å²) in [4.78, 5) is 26.0. The van der Waals surface area contributed by atoms with Crippen LogP contribution in [0.1, 0.15) is 42.5 Å². The second-order valence-corrected chi connectivity index (χ2v) is 7.39. The molecule has 1 saturated carbocycles. The van der Waals surface area contributed by atoms with Crippen LogP contribution in [0.25, 0.3) is 0 Å². The number of nitrogens with zero attached hydrogens (tertiary/aromatic N) is 1. The summed E-state index contributed by atoms with van der Waals surface area (Å²) in [7, 11) is 1.64. The predicted octanol–water partition coefficient (Wildman–Crippen LogP) is 1.82. The number of hydrogen-bond donors (Lipinski definition) is 1. The average molecular weight is 483 g/mol. The van der Waals surface area contributed by atoms with Crippen molar-refractivity contribution in [3.63, 3.8) is 0 Å². The summed E-state index contributed by atoms with van der Waals surface area (Å²) < 4.78 is 6.03. The summed E-state index contributed by atoms with van der Waals surface area (Å²) in [5, 5.41) is 2.98.